The van der Waals surface area contributed by atoms with E-state index in [4.69, 9.17) is 15.6 Å². The Morgan fingerprint density at radius 3 is 2.53 bits per heavy atom. The third kappa shape index (κ3) is 3.41. The zero-order valence-electron chi connectivity index (χ0n) is 9.91. The van der Waals surface area contributed by atoms with Crippen molar-refractivity contribution in [2.24, 2.45) is 11.1 Å². The lowest BCUT2D eigenvalue weighted by atomic mass is 9.79. The van der Waals surface area contributed by atoms with E-state index in [1.807, 2.05) is 14.0 Å². The van der Waals surface area contributed by atoms with Gasteiger partial charge >= 0.3 is 0 Å². The van der Waals surface area contributed by atoms with E-state index in [1.54, 1.807) is 0 Å². The van der Waals surface area contributed by atoms with Crippen LogP contribution in [0.5, 0.6) is 0 Å². The minimum absolute atomic E-state index is 0.191. The normalized spacial score (nSPS) is 23.0. The molecule has 0 aromatic rings. The standard InChI is InChI=1S/C11H24N2O2/c1-10(7-14)13(2)9-11(8-12)3-5-15-6-4-11/h10,14H,3-9,12H2,1-2H3. The van der Waals surface area contributed by atoms with Crippen molar-refractivity contribution < 1.29 is 9.84 Å². The van der Waals surface area contributed by atoms with Crippen molar-refractivity contribution in [3.05, 3.63) is 0 Å². The van der Waals surface area contributed by atoms with Crippen molar-refractivity contribution in [3.63, 3.8) is 0 Å². The van der Waals surface area contributed by atoms with E-state index in [9.17, 15) is 0 Å². The van der Waals surface area contributed by atoms with Gasteiger partial charge in [0.2, 0.25) is 0 Å². The molecule has 0 spiro atoms. The van der Waals surface area contributed by atoms with Crippen LogP contribution in [-0.2, 0) is 4.74 Å². The molecule has 1 aliphatic heterocycles. The highest BCUT2D eigenvalue weighted by Crippen LogP contribution is 2.30. The number of ether oxygens (including phenoxy) is 1. The molecule has 4 nitrogen and oxygen atoms in total. The SMILES string of the molecule is CC(CO)N(C)CC1(CN)CCOCC1. The molecule has 3 N–H and O–H groups in total. The molecule has 1 atom stereocenters. The number of hydrogen-bond acceptors (Lipinski definition) is 4. The van der Waals surface area contributed by atoms with Crippen LogP contribution in [0, 0.1) is 5.41 Å². The number of nitrogens with two attached hydrogens (primary N) is 1. The summed E-state index contributed by atoms with van der Waals surface area (Å²) in [6.45, 7) is 5.53. The predicted octanol–water partition coefficient (Wildman–Crippen LogP) is 0.0545. The fraction of sp³-hybridized carbons (Fsp3) is 1.00. The monoisotopic (exact) mass is 216 g/mol. The summed E-state index contributed by atoms with van der Waals surface area (Å²) < 4.78 is 5.37. The molecule has 0 aromatic heterocycles. The molecular weight excluding hydrogens is 192 g/mol. The molecule has 0 amide bonds. The van der Waals surface area contributed by atoms with Gasteiger partial charge in [0, 0.05) is 25.8 Å². The molecule has 1 aliphatic rings. The molecule has 0 radical (unpaired) electrons. The Labute approximate surface area is 92.4 Å². The Morgan fingerprint density at radius 1 is 1.47 bits per heavy atom. The molecule has 90 valence electrons. The highest BCUT2D eigenvalue weighted by molar-refractivity contribution is 4.86. The van der Waals surface area contributed by atoms with Gasteiger partial charge in [-0.1, -0.05) is 0 Å². The molecule has 1 saturated heterocycles. The second-order valence-corrected chi connectivity index (χ2v) is 4.76. The largest absolute Gasteiger partial charge is 0.395 e. The summed E-state index contributed by atoms with van der Waals surface area (Å²) >= 11 is 0. The predicted molar refractivity (Wildman–Crippen MR) is 60.7 cm³/mol. The molecule has 0 aliphatic carbocycles. The minimum atomic E-state index is 0.191. The Balaban J connectivity index is 2.51. The summed E-state index contributed by atoms with van der Waals surface area (Å²) in [5.41, 5.74) is 6.07. The minimum Gasteiger partial charge on any atom is -0.395 e. The van der Waals surface area contributed by atoms with Crippen LogP contribution in [0.25, 0.3) is 0 Å². The van der Waals surface area contributed by atoms with E-state index in [2.05, 4.69) is 4.90 Å². The van der Waals surface area contributed by atoms with Gasteiger partial charge in [0.05, 0.1) is 6.61 Å². The number of aliphatic hydroxyl groups excluding tert-OH is 1. The maximum Gasteiger partial charge on any atom is 0.0584 e. The van der Waals surface area contributed by atoms with Crippen LogP contribution in [0.15, 0.2) is 0 Å². The van der Waals surface area contributed by atoms with Crippen molar-refractivity contribution in [3.8, 4) is 0 Å². The first-order valence-electron chi connectivity index (χ1n) is 5.72. The Hall–Kier alpha value is -0.160. The molecule has 1 rings (SSSR count). The van der Waals surface area contributed by atoms with Crippen molar-refractivity contribution in [1.29, 1.82) is 0 Å². The third-order valence-electron chi connectivity index (χ3n) is 3.59. The van der Waals surface area contributed by atoms with Gasteiger partial charge in [-0.2, -0.15) is 0 Å². The first-order chi connectivity index (χ1) is 7.13. The van der Waals surface area contributed by atoms with E-state index in [1.165, 1.54) is 0 Å². The average Bonchev–Trinajstić information content (AvgIpc) is 2.29. The summed E-state index contributed by atoms with van der Waals surface area (Å²) in [5, 5.41) is 9.09. The number of rotatable bonds is 5. The van der Waals surface area contributed by atoms with Crippen molar-refractivity contribution >= 4 is 0 Å². The van der Waals surface area contributed by atoms with E-state index in [-0.39, 0.29) is 18.1 Å². The van der Waals surface area contributed by atoms with Crippen LogP contribution in [0.2, 0.25) is 0 Å². The van der Waals surface area contributed by atoms with Crippen molar-refractivity contribution in [1.82, 2.24) is 4.90 Å². The van der Waals surface area contributed by atoms with Gasteiger partial charge in [-0.3, -0.25) is 0 Å². The van der Waals surface area contributed by atoms with Crippen LogP contribution in [0.4, 0.5) is 0 Å². The smallest absolute Gasteiger partial charge is 0.0584 e. The fourth-order valence-electron chi connectivity index (χ4n) is 2.06. The van der Waals surface area contributed by atoms with Gasteiger partial charge < -0.3 is 20.5 Å². The highest BCUT2D eigenvalue weighted by Gasteiger charge is 2.33. The Kier molecular flexibility index (Phi) is 4.99. The number of likely N-dealkylation sites (N-methyl/N-ethyl adjacent to an activating group) is 1. The van der Waals surface area contributed by atoms with Gasteiger partial charge in [-0.05, 0) is 38.8 Å². The quantitative estimate of drug-likeness (QED) is 0.682. The Morgan fingerprint density at radius 2 is 2.07 bits per heavy atom. The molecule has 0 bridgehead atoms. The molecule has 0 aromatic carbocycles. The van der Waals surface area contributed by atoms with Crippen LogP contribution in [0.1, 0.15) is 19.8 Å². The van der Waals surface area contributed by atoms with Gasteiger partial charge in [0.15, 0.2) is 0 Å². The van der Waals surface area contributed by atoms with E-state index >= 15 is 0 Å². The molecule has 1 fully saturated rings. The number of aliphatic hydroxyl groups is 1. The molecule has 4 heteroatoms. The molecule has 0 saturated carbocycles. The van der Waals surface area contributed by atoms with Gasteiger partial charge in [-0.15, -0.1) is 0 Å². The second-order valence-electron chi connectivity index (χ2n) is 4.76. The molecule has 1 unspecified atom stereocenters. The van der Waals surface area contributed by atoms with E-state index < -0.39 is 0 Å². The molecule has 1 heterocycles. The maximum absolute atomic E-state index is 9.09. The topological polar surface area (TPSA) is 58.7 Å². The van der Waals surface area contributed by atoms with Gasteiger partial charge in [-0.25, -0.2) is 0 Å². The van der Waals surface area contributed by atoms with Crippen LogP contribution in [-0.4, -0.2) is 56.0 Å². The van der Waals surface area contributed by atoms with E-state index in [0.717, 1.165) is 32.6 Å². The third-order valence-corrected chi connectivity index (χ3v) is 3.59. The number of nitrogens with zero attached hydrogens (tertiary/aromatic N) is 1. The lowest BCUT2D eigenvalue weighted by Crippen LogP contribution is -2.47. The first kappa shape index (κ1) is 12.9. The van der Waals surface area contributed by atoms with Gasteiger partial charge in [0.1, 0.15) is 0 Å². The lowest BCUT2D eigenvalue weighted by molar-refractivity contribution is -0.00513. The zero-order chi connectivity index (χ0) is 11.3. The summed E-state index contributed by atoms with van der Waals surface area (Å²) in [7, 11) is 2.05. The molecule has 15 heavy (non-hydrogen) atoms. The average molecular weight is 216 g/mol. The van der Waals surface area contributed by atoms with Crippen LogP contribution in [0.3, 0.4) is 0 Å². The fourth-order valence-corrected chi connectivity index (χ4v) is 2.06. The van der Waals surface area contributed by atoms with Crippen molar-refractivity contribution in [2.75, 3.05) is 40.0 Å². The summed E-state index contributed by atoms with van der Waals surface area (Å²) in [5.74, 6) is 0. The van der Waals surface area contributed by atoms with Crippen LogP contribution < -0.4 is 5.73 Å². The van der Waals surface area contributed by atoms with Gasteiger partial charge in [0.25, 0.3) is 0 Å². The summed E-state index contributed by atoms with van der Waals surface area (Å²) in [6, 6.07) is 0.205. The highest BCUT2D eigenvalue weighted by atomic mass is 16.5. The van der Waals surface area contributed by atoms with Crippen molar-refractivity contribution in [2.45, 2.75) is 25.8 Å². The summed E-state index contributed by atoms with van der Waals surface area (Å²) in [4.78, 5) is 2.19. The molecular formula is C11H24N2O2. The maximum atomic E-state index is 9.09. The lowest BCUT2D eigenvalue weighted by Gasteiger charge is -2.40. The second kappa shape index (κ2) is 5.80. The number of hydrogen-bond donors (Lipinski definition) is 2. The van der Waals surface area contributed by atoms with Crippen LogP contribution >= 0.6 is 0 Å². The summed E-state index contributed by atoms with van der Waals surface area (Å²) in [6.07, 6.45) is 2.07. The van der Waals surface area contributed by atoms with E-state index in [0.29, 0.717) is 6.54 Å². The zero-order valence-corrected chi connectivity index (χ0v) is 9.91. The first-order valence-corrected chi connectivity index (χ1v) is 5.72. The Bertz CT molecular complexity index is 181.